The third-order valence-corrected chi connectivity index (χ3v) is 3.16. The van der Waals surface area contributed by atoms with Crippen LogP contribution >= 0.6 is 0 Å². The number of nitrogens with zero attached hydrogens (tertiary/aromatic N) is 3. The first kappa shape index (κ1) is 12.8. The van der Waals surface area contributed by atoms with Crippen molar-refractivity contribution in [2.24, 2.45) is 10.9 Å². The molecule has 0 aliphatic carbocycles. The fraction of sp³-hybridized carbons (Fsp3) is 0.500. The lowest BCUT2D eigenvalue weighted by Gasteiger charge is -2.15. The van der Waals surface area contributed by atoms with Gasteiger partial charge in [-0.25, -0.2) is 0 Å². The van der Waals surface area contributed by atoms with E-state index in [0.29, 0.717) is 11.8 Å². The molecule has 6 nitrogen and oxygen atoms in total. The molecule has 1 atom stereocenters. The monoisotopic (exact) mass is 250 g/mol. The Morgan fingerprint density at radius 3 is 3.22 bits per heavy atom. The molecular formula is C12H18N4O2. The van der Waals surface area contributed by atoms with E-state index in [1.807, 2.05) is 12.1 Å². The molecule has 1 aromatic heterocycles. The molecule has 0 aromatic carbocycles. The van der Waals surface area contributed by atoms with Gasteiger partial charge >= 0.3 is 0 Å². The lowest BCUT2D eigenvalue weighted by Crippen LogP contribution is -2.23. The maximum atomic E-state index is 8.63. The van der Waals surface area contributed by atoms with Gasteiger partial charge < -0.3 is 15.7 Å². The van der Waals surface area contributed by atoms with E-state index in [2.05, 4.69) is 15.0 Å². The summed E-state index contributed by atoms with van der Waals surface area (Å²) in [6.45, 7) is 2.80. The summed E-state index contributed by atoms with van der Waals surface area (Å²) in [6.07, 6.45) is 3.07. The maximum absolute atomic E-state index is 8.63. The van der Waals surface area contributed by atoms with Gasteiger partial charge in [0.1, 0.15) is 5.69 Å². The van der Waals surface area contributed by atoms with Crippen LogP contribution in [-0.2, 0) is 11.3 Å². The average molecular weight is 250 g/mol. The molecule has 0 amide bonds. The Hall–Kier alpha value is -1.66. The molecule has 0 saturated carbocycles. The van der Waals surface area contributed by atoms with Crippen molar-refractivity contribution < 1.29 is 9.94 Å². The van der Waals surface area contributed by atoms with Crippen LogP contribution in [0, 0.1) is 0 Å². The van der Waals surface area contributed by atoms with Gasteiger partial charge in [-0.15, -0.1) is 0 Å². The molecule has 98 valence electrons. The summed E-state index contributed by atoms with van der Waals surface area (Å²) < 4.78 is 5.33. The summed E-state index contributed by atoms with van der Waals surface area (Å²) in [7, 11) is 1.75. The predicted molar refractivity (Wildman–Crippen MR) is 67.4 cm³/mol. The van der Waals surface area contributed by atoms with E-state index < -0.39 is 0 Å². The number of hydrogen-bond donors (Lipinski definition) is 2. The maximum Gasteiger partial charge on any atom is 0.188 e. The number of hydrogen-bond acceptors (Lipinski definition) is 5. The molecule has 1 aliphatic heterocycles. The largest absolute Gasteiger partial charge is 0.409 e. The molecule has 0 radical (unpaired) electrons. The van der Waals surface area contributed by atoms with E-state index >= 15 is 0 Å². The third-order valence-electron chi connectivity index (χ3n) is 3.16. The summed E-state index contributed by atoms with van der Waals surface area (Å²) >= 11 is 0. The standard InChI is InChI=1S/C12H18N4O2/c1-18-10-3-5-16(8-10)7-9-2-4-14-11(6-9)12(13)15-17/h2,4,6,10,17H,3,5,7-8H2,1H3,(H2,13,15). The highest BCUT2D eigenvalue weighted by molar-refractivity contribution is 5.95. The molecule has 2 heterocycles. The van der Waals surface area contributed by atoms with E-state index in [-0.39, 0.29) is 5.84 Å². The lowest BCUT2D eigenvalue weighted by atomic mass is 10.2. The van der Waals surface area contributed by atoms with Crippen molar-refractivity contribution in [3.8, 4) is 0 Å². The van der Waals surface area contributed by atoms with Crippen molar-refractivity contribution in [3.63, 3.8) is 0 Å². The minimum atomic E-state index is 0.0352. The molecule has 1 saturated heterocycles. The number of methoxy groups -OCH3 is 1. The molecule has 3 N–H and O–H groups in total. The number of ether oxygens (including phenoxy) is 1. The number of amidine groups is 1. The van der Waals surface area contributed by atoms with Gasteiger partial charge in [-0.1, -0.05) is 5.16 Å². The second-order valence-electron chi connectivity index (χ2n) is 4.42. The van der Waals surface area contributed by atoms with Crippen molar-refractivity contribution in [2.75, 3.05) is 20.2 Å². The van der Waals surface area contributed by atoms with Crippen molar-refractivity contribution in [3.05, 3.63) is 29.6 Å². The minimum Gasteiger partial charge on any atom is -0.409 e. The molecule has 1 unspecified atom stereocenters. The summed E-state index contributed by atoms with van der Waals surface area (Å²) in [6, 6.07) is 3.78. The summed E-state index contributed by atoms with van der Waals surface area (Å²) in [4.78, 5) is 6.38. The molecule has 0 spiro atoms. The van der Waals surface area contributed by atoms with Crippen LogP contribution in [0.1, 0.15) is 17.7 Å². The first-order valence-electron chi connectivity index (χ1n) is 5.91. The molecular weight excluding hydrogens is 232 g/mol. The molecule has 1 aliphatic rings. The van der Waals surface area contributed by atoms with Gasteiger partial charge in [-0.05, 0) is 24.1 Å². The highest BCUT2D eigenvalue weighted by Gasteiger charge is 2.21. The number of aromatic nitrogens is 1. The predicted octanol–water partition coefficient (Wildman–Crippen LogP) is 0.397. The van der Waals surface area contributed by atoms with Crippen LogP contribution in [0.2, 0.25) is 0 Å². The highest BCUT2D eigenvalue weighted by Crippen LogP contribution is 2.15. The molecule has 18 heavy (non-hydrogen) atoms. The zero-order valence-electron chi connectivity index (χ0n) is 10.4. The van der Waals surface area contributed by atoms with Crippen LogP contribution in [0.4, 0.5) is 0 Å². The fourth-order valence-corrected chi connectivity index (χ4v) is 2.16. The Kier molecular flexibility index (Phi) is 4.11. The van der Waals surface area contributed by atoms with Crippen LogP contribution in [0.5, 0.6) is 0 Å². The number of nitrogens with two attached hydrogens (primary N) is 1. The Morgan fingerprint density at radius 1 is 1.72 bits per heavy atom. The number of oxime groups is 1. The first-order chi connectivity index (χ1) is 8.72. The molecule has 6 heteroatoms. The van der Waals surface area contributed by atoms with Gasteiger partial charge in [-0.2, -0.15) is 0 Å². The number of pyridine rings is 1. The SMILES string of the molecule is COC1CCN(Cc2ccnc(/C(N)=N/O)c2)C1. The van der Waals surface area contributed by atoms with Crippen LogP contribution in [0.3, 0.4) is 0 Å². The van der Waals surface area contributed by atoms with E-state index in [1.54, 1.807) is 13.3 Å². The van der Waals surface area contributed by atoms with Gasteiger partial charge in [0, 0.05) is 32.9 Å². The summed E-state index contributed by atoms with van der Waals surface area (Å²) in [5.74, 6) is 0.0352. The fourth-order valence-electron chi connectivity index (χ4n) is 2.16. The van der Waals surface area contributed by atoms with E-state index in [9.17, 15) is 0 Å². The lowest BCUT2D eigenvalue weighted by molar-refractivity contribution is 0.107. The number of likely N-dealkylation sites (tertiary alicyclic amines) is 1. The van der Waals surface area contributed by atoms with Crippen molar-refractivity contribution >= 4 is 5.84 Å². The van der Waals surface area contributed by atoms with E-state index in [4.69, 9.17) is 15.7 Å². The van der Waals surface area contributed by atoms with Gasteiger partial charge in [0.2, 0.25) is 0 Å². The average Bonchev–Trinajstić information content (AvgIpc) is 2.86. The Morgan fingerprint density at radius 2 is 2.56 bits per heavy atom. The summed E-state index contributed by atoms with van der Waals surface area (Å²) in [5, 5.41) is 11.6. The zero-order valence-corrected chi connectivity index (χ0v) is 10.4. The first-order valence-corrected chi connectivity index (χ1v) is 5.91. The second kappa shape index (κ2) is 5.79. The van der Waals surface area contributed by atoms with Crippen LogP contribution < -0.4 is 5.73 Å². The van der Waals surface area contributed by atoms with E-state index in [0.717, 1.165) is 31.6 Å². The smallest absolute Gasteiger partial charge is 0.188 e. The van der Waals surface area contributed by atoms with Crippen LogP contribution in [-0.4, -0.2) is 47.2 Å². The normalized spacial score (nSPS) is 21.4. The zero-order chi connectivity index (χ0) is 13.0. The topological polar surface area (TPSA) is 84.0 Å². The Bertz CT molecular complexity index is 436. The van der Waals surface area contributed by atoms with Gasteiger partial charge in [0.25, 0.3) is 0 Å². The molecule has 1 fully saturated rings. The minimum absolute atomic E-state index is 0.0352. The van der Waals surface area contributed by atoms with Crippen molar-refractivity contribution in [1.29, 1.82) is 0 Å². The van der Waals surface area contributed by atoms with E-state index in [1.165, 1.54) is 0 Å². The van der Waals surface area contributed by atoms with Crippen molar-refractivity contribution in [1.82, 2.24) is 9.88 Å². The quantitative estimate of drug-likeness (QED) is 0.350. The number of rotatable bonds is 4. The molecule has 1 aromatic rings. The second-order valence-corrected chi connectivity index (χ2v) is 4.42. The van der Waals surface area contributed by atoms with Crippen LogP contribution in [0.15, 0.2) is 23.5 Å². The van der Waals surface area contributed by atoms with Crippen LogP contribution in [0.25, 0.3) is 0 Å². The summed E-state index contributed by atoms with van der Waals surface area (Å²) in [5.41, 5.74) is 7.12. The highest BCUT2D eigenvalue weighted by atomic mass is 16.5. The Balaban J connectivity index is 2.02. The van der Waals surface area contributed by atoms with Gasteiger partial charge in [0.15, 0.2) is 5.84 Å². The Labute approximate surface area is 106 Å². The van der Waals surface area contributed by atoms with Crippen molar-refractivity contribution in [2.45, 2.75) is 19.1 Å². The molecule has 0 bridgehead atoms. The third kappa shape index (κ3) is 2.96. The molecule has 2 rings (SSSR count). The van der Waals surface area contributed by atoms with Gasteiger partial charge in [-0.3, -0.25) is 9.88 Å². The van der Waals surface area contributed by atoms with Gasteiger partial charge in [0.05, 0.1) is 6.10 Å².